The summed E-state index contributed by atoms with van der Waals surface area (Å²) in [6.45, 7) is 10.5. The van der Waals surface area contributed by atoms with Gasteiger partial charge >= 0.3 is 6.18 Å². The van der Waals surface area contributed by atoms with Crippen molar-refractivity contribution in [3.8, 4) is 0 Å². The molecule has 24 nitrogen and oxygen atoms in total. The number of halogens is 4. The van der Waals surface area contributed by atoms with Crippen molar-refractivity contribution in [3.05, 3.63) is 0 Å². The van der Waals surface area contributed by atoms with E-state index in [0.29, 0.717) is 44.4 Å². The number of carbonyl (C=O) groups is 12. The van der Waals surface area contributed by atoms with Gasteiger partial charge in [-0.15, -0.1) is 0 Å². The Morgan fingerprint density at radius 1 is 0.620 bits per heavy atom. The average Bonchev–Trinajstić information content (AvgIpc) is 1.29. The van der Waals surface area contributed by atoms with E-state index in [-0.39, 0.29) is 82.7 Å². The highest BCUT2D eigenvalue weighted by Crippen LogP contribution is 2.43. The first-order valence-electron chi connectivity index (χ1n) is 37.0. The van der Waals surface area contributed by atoms with Crippen molar-refractivity contribution in [1.29, 1.82) is 0 Å². The third kappa shape index (κ3) is 18.8. The Labute approximate surface area is 589 Å². The zero-order valence-corrected chi connectivity index (χ0v) is 61.8. The van der Waals surface area contributed by atoms with Gasteiger partial charge in [0.15, 0.2) is 0 Å². The maximum absolute atomic E-state index is 15.6. The molecule has 1 spiro atoms. The Hall–Kier alpha value is -6.64. The number of likely N-dealkylation sites (N-methyl/N-ethyl adjacent to an activating group) is 7. The summed E-state index contributed by atoms with van der Waals surface area (Å²) in [5.74, 6) is -11.1. The molecule has 3 heterocycles. The number of rotatable bonds is 11. The van der Waals surface area contributed by atoms with E-state index in [1.807, 2.05) is 20.8 Å². The van der Waals surface area contributed by atoms with Crippen LogP contribution < -0.4 is 16.0 Å². The summed E-state index contributed by atoms with van der Waals surface area (Å²) in [6.07, 6.45) is 0.0558. The predicted octanol–water partition coefficient (Wildman–Crippen LogP) is 5.68. The monoisotopic (exact) mass is 1420 g/mol. The molecule has 0 bridgehead atoms. The molecule has 3 saturated heterocycles. The second kappa shape index (κ2) is 34.6. The highest BCUT2D eigenvalue weighted by Gasteiger charge is 2.53. The van der Waals surface area contributed by atoms with Gasteiger partial charge in [-0.25, -0.2) is 4.39 Å². The molecule has 4 aliphatic carbocycles. The minimum Gasteiger partial charge on any atom is -0.347 e. The Morgan fingerprint density at radius 3 is 1.81 bits per heavy atom. The number of alkyl halides is 4. The van der Waals surface area contributed by atoms with Crippen molar-refractivity contribution in [3.63, 3.8) is 0 Å². The van der Waals surface area contributed by atoms with Crippen molar-refractivity contribution >= 4 is 70.9 Å². The van der Waals surface area contributed by atoms with E-state index >= 15 is 28.4 Å². The van der Waals surface area contributed by atoms with Gasteiger partial charge in [-0.2, -0.15) is 13.2 Å². The molecule has 7 aliphatic rings. The first-order chi connectivity index (χ1) is 46.9. The molecule has 100 heavy (non-hydrogen) atoms. The third-order valence-electron chi connectivity index (χ3n) is 23.7. The van der Waals surface area contributed by atoms with Crippen LogP contribution in [0.25, 0.3) is 0 Å². The molecule has 7 rings (SSSR count). The molecular formula is C72H116F4N12O12. The summed E-state index contributed by atoms with van der Waals surface area (Å²) in [4.78, 5) is 191. The van der Waals surface area contributed by atoms with Crippen molar-refractivity contribution in [1.82, 2.24) is 60.0 Å². The van der Waals surface area contributed by atoms with Crippen molar-refractivity contribution in [2.24, 2.45) is 41.4 Å². The van der Waals surface area contributed by atoms with Crippen LogP contribution in [0.2, 0.25) is 0 Å². The van der Waals surface area contributed by atoms with E-state index in [2.05, 4.69) is 22.9 Å². The van der Waals surface area contributed by atoms with Gasteiger partial charge in [0.2, 0.25) is 70.9 Å². The Kier molecular flexibility index (Phi) is 27.9. The van der Waals surface area contributed by atoms with Crippen LogP contribution in [0.15, 0.2) is 0 Å². The van der Waals surface area contributed by atoms with Gasteiger partial charge in [-0.3, -0.25) is 57.5 Å². The van der Waals surface area contributed by atoms with Crippen molar-refractivity contribution in [2.75, 3.05) is 76.0 Å². The molecule has 0 aromatic heterocycles. The van der Waals surface area contributed by atoms with Crippen molar-refractivity contribution in [2.45, 2.75) is 268 Å². The molecule has 0 radical (unpaired) electrons. The van der Waals surface area contributed by atoms with Crippen LogP contribution in [0.3, 0.4) is 0 Å². The van der Waals surface area contributed by atoms with Gasteiger partial charge in [-0.05, 0) is 132 Å². The Bertz CT molecular complexity index is 2960. The standard InChI is InChI=1S/C72H116F4N12O12/c1-15-44(5)59-68(98)82(10)45(6)63(93)88-36-32-53(88)67(97)84(12)55(39-47-26-24-43(4)25-27-47)66(96)81(9)41-57(89)77-51(31-29-46-28-30-49(50(73)38-46)72(74,75)76)64(94)87-35-20-23-52(87)62(92)79-71(33-18-19-34-71)70(100)86(14)60(48-21-16-17-22-48)69(99)85(13)56(65(95)80(7)8)40-58(90)83(11)54(37-42(2)3)61(91)78-59/h42-56,59-60H,15-41H2,1-14H3,(H,77,89)(H,78,91)(H,79,92)/t43?,44-,45-,46?,47?,49?,50?,51-,52-,53-,54-,55-,56-,59-,60-/m0/s1. The molecular weight excluding hydrogens is 1300 g/mol. The summed E-state index contributed by atoms with van der Waals surface area (Å²) in [6, 6.07) is -11.0. The zero-order chi connectivity index (χ0) is 74.2. The fourth-order valence-electron chi connectivity index (χ4n) is 16.7. The first kappa shape index (κ1) is 80.7. The molecule has 13 atom stereocenters. The highest BCUT2D eigenvalue weighted by atomic mass is 19.4. The highest BCUT2D eigenvalue weighted by molar-refractivity contribution is 6.01. The second-order valence-electron chi connectivity index (χ2n) is 31.3. The van der Waals surface area contributed by atoms with Crippen LogP contribution in [0.5, 0.6) is 0 Å². The molecule has 0 aromatic carbocycles. The van der Waals surface area contributed by atoms with E-state index in [4.69, 9.17) is 0 Å². The fraction of sp³-hybridized carbons (Fsp3) is 0.833. The number of hydrogen-bond donors (Lipinski definition) is 3. The largest absolute Gasteiger partial charge is 0.394 e. The fourth-order valence-corrected chi connectivity index (χ4v) is 16.7. The van der Waals surface area contributed by atoms with Crippen LogP contribution in [0.4, 0.5) is 17.6 Å². The smallest absolute Gasteiger partial charge is 0.347 e. The predicted molar refractivity (Wildman–Crippen MR) is 365 cm³/mol. The normalized spacial score (nSPS) is 32.2. The molecule has 3 unspecified atom stereocenters. The molecule has 7 fully saturated rings. The van der Waals surface area contributed by atoms with E-state index in [1.165, 1.54) is 103 Å². The molecule has 0 aromatic rings. The molecule has 3 N–H and O–H groups in total. The van der Waals surface area contributed by atoms with Crippen molar-refractivity contribution < 1.29 is 75.1 Å². The number of nitrogens with zero attached hydrogens (tertiary/aromatic N) is 9. The lowest BCUT2D eigenvalue weighted by Gasteiger charge is -2.45. The summed E-state index contributed by atoms with van der Waals surface area (Å²) < 4.78 is 56.9. The SMILES string of the molecule is CC[C@H](C)[C@@H]1NC(=O)[C@H](CC(C)C)N(C)C(=O)C[C@@H](C(=O)N(C)C)N(C)C(=O)[C@H](C2CCCC2)N(C)C(=O)C2(CCCC2)NC(=O)[C@@H]2CCCN2C(=O)[C@H](CCC2CCC(C(F)(F)F)C(F)C2)NC(=O)CN(C)C(=O)[C@H](CC2CCC(C)CC2)N(C)C(=O)[C@@H]2CCN2C(=O)[C@H](C)N(C)C1=O. The number of carbonyl (C=O) groups excluding carboxylic acids is 12. The molecule has 3 aliphatic heterocycles. The van der Waals surface area contributed by atoms with Crippen LogP contribution in [-0.2, 0) is 57.5 Å². The van der Waals surface area contributed by atoms with Gasteiger partial charge in [-0.1, -0.05) is 92.4 Å². The summed E-state index contributed by atoms with van der Waals surface area (Å²) in [5, 5.41) is 8.76. The number of amides is 12. The van der Waals surface area contributed by atoms with Crippen LogP contribution >= 0.6 is 0 Å². The van der Waals surface area contributed by atoms with Crippen LogP contribution in [0.1, 0.15) is 196 Å². The lowest BCUT2D eigenvalue weighted by molar-refractivity contribution is -0.201. The van der Waals surface area contributed by atoms with Gasteiger partial charge < -0.3 is 60.0 Å². The maximum atomic E-state index is 15.6. The van der Waals surface area contributed by atoms with Crippen LogP contribution in [-0.4, -0.2) is 263 Å². The van der Waals surface area contributed by atoms with E-state index in [1.54, 1.807) is 6.92 Å². The summed E-state index contributed by atoms with van der Waals surface area (Å²) >= 11 is 0. The molecule has 4 saturated carbocycles. The molecule has 564 valence electrons. The topological polar surface area (TPSA) is 270 Å². The van der Waals surface area contributed by atoms with Gasteiger partial charge in [0.05, 0.1) is 18.9 Å². The minimum absolute atomic E-state index is 0.000245. The summed E-state index contributed by atoms with van der Waals surface area (Å²) in [7, 11) is 11.6. The number of nitrogens with one attached hydrogen (secondary N) is 3. The first-order valence-corrected chi connectivity index (χ1v) is 37.0. The van der Waals surface area contributed by atoms with Gasteiger partial charge in [0.1, 0.15) is 66.1 Å². The van der Waals surface area contributed by atoms with E-state index in [9.17, 15) is 46.7 Å². The maximum Gasteiger partial charge on any atom is 0.394 e. The third-order valence-corrected chi connectivity index (χ3v) is 23.7. The lowest BCUT2D eigenvalue weighted by Crippen LogP contribution is -2.65. The van der Waals surface area contributed by atoms with Gasteiger partial charge in [0.25, 0.3) is 0 Å². The summed E-state index contributed by atoms with van der Waals surface area (Å²) in [5.41, 5.74) is -1.57. The lowest BCUT2D eigenvalue weighted by atomic mass is 9.78. The average molecular weight is 1420 g/mol. The number of hydrogen-bond acceptors (Lipinski definition) is 12. The Balaban J connectivity index is 1.28. The van der Waals surface area contributed by atoms with E-state index < -0.39 is 193 Å². The minimum atomic E-state index is -4.75. The molecule has 12 amide bonds. The quantitative estimate of drug-likeness (QED) is 0.211. The molecule has 28 heteroatoms. The second-order valence-corrected chi connectivity index (χ2v) is 31.3. The van der Waals surface area contributed by atoms with Gasteiger partial charge in [0, 0.05) is 69.5 Å². The Morgan fingerprint density at radius 2 is 1.24 bits per heavy atom. The zero-order valence-electron chi connectivity index (χ0n) is 61.8. The van der Waals surface area contributed by atoms with E-state index in [0.717, 1.165) is 43.4 Å². The number of fused-ring (bicyclic) bond motifs is 2. The van der Waals surface area contributed by atoms with Crippen LogP contribution in [0, 0.1) is 41.4 Å².